The molecule has 4 heterocycles. The van der Waals surface area contributed by atoms with E-state index in [9.17, 15) is 19.1 Å². The highest BCUT2D eigenvalue weighted by Gasteiger charge is 2.32. The molecule has 3 N–H and O–H groups in total. The molecular formula is C25H28BrFN4O3. The van der Waals surface area contributed by atoms with Crippen LogP contribution in [0.5, 0.6) is 0 Å². The van der Waals surface area contributed by atoms with Gasteiger partial charge in [0.15, 0.2) is 0 Å². The predicted molar refractivity (Wildman–Crippen MR) is 132 cm³/mol. The zero-order chi connectivity index (χ0) is 24.0. The Kier molecular flexibility index (Phi) is 6.35. The molecule has 1 aromatic heterocycles. The molecule has 3 aliphatic rings. The lowest BCUT2D eigenvalue weighted by atomic mass is 10.0. The maximum absolute atomic E-state index is 14.0. The second-order valence-electron chi connectivity index (χ2n) is 9.36. The van der Waals surface area contributed by atoms with Crippen LogP contribution >= 0.6 is 15.9 Å². The third-order valence-electron chi connectivity index (χ3n) is 6.96. The number of aromatic amines is 1. The fraction of sp³-hybridized carbons (Fsp3) is 0.440. The Labute approximate surface area is 206 Å². The van der Waals surface area contributed by atoms with E-state index in [1.54, 1.807) is 11.0 Å². The molecule has 2 aromatic rings. The Bertz CT molecular complexity index is 1190. The van der Waals surface area contributed by atoms with Crippen molar-refractivity contribution in [3.63, 3.8) is 0 Å². The largest absolute Gasteiger partial charge is 0.390 e. The third kappa shape index (κ3) is 4.32. The van der Waals surface area contributed by atoms with Crippen LogP contribution < -0.4 is 5.32 Å². The summed E-state index contributed by atoms with van der Waals surface area (Å²) in [5.74, 6) is -0.867. The number of aliphatic hydroxyl groups excluding tert-OH is 1. The quantitative estimate of drug-likeness (QED) is 0.515. The maximum Gasteiger partial charge on any atom is 0.256 e. The normalized spacial score (nSPS) is 20.5. The van der Waals surface area contributed by atoms with Gasteiger partial charge in [0.05, 0.1) is 22.9 Å². The van der Waals surface area contributed by atoms with E-state index >= 15 is 0 Å². The summed E-state index contributed by atoms with van der Waals surface area (Å²) < 4.78 is 14.5. The van der Waals surface area contributed by atoms with Crippen LogP contribution in [0.15, 0.2) is 16.6 Å². The number of H-pyrrole nitrogens is 1. The number of rotatable bonds is 5. The minimum absolute atomic E-state index is 0.109. The molecule has 1 unspecified atom stereocenters. The maximum atomic E-state index is 14.0. The first-order chi connectivity index (χ1) is 16.3. The molecule has 1 atom stereocenters. The van der Waals surface area contributed by atoms with E-state index in [1.165, 1.54) is 18.6 Å². The Morgan fingerprint density at radius 1 is 1.18 bits per heavy atom. The molecule has 0 aliphatic carbocycles. The number of hydrogen-bond donors (Lipinski definition) is 3. The highest BCUT2D eigenvalue weighted by Crippen LogP contribution is 2.39. The number of carbonyl (C=O) groups excluding carboxylic acids is 2. The van der Waals surface area contributed by atoms with Crippen LogP contribution in [-0.4, -0.2) is 70.5 Å². The van der Waals surface area contributed by atoms with Crippen LogP contribution in [0, 0.1) is 12.7 Å². The van der Waals surface area contributed by atoms with Gasteiger partial charge in [-0.25, -0.2) is 4.39 Å². The summed E-state index contributed by atoms with van der Waals surface area (Å²) in [7, 11) is 0. The highest BCUT2D eigenvalue weighted by molar-refractivity contribution is 9.10. The number of nitrogens with zero attached hydrogens (tertiary/aromatic N) is 2. The summed E-state index contributed by atoms with van der Waals surface area (Å²) >= 11 is 3.30. The van der Waals surface area contributed by atoms with Gasteiger partial charge in [-0.05, 0) is 72.6 Å². The molecule has 3 aliphatic heterocycles. The average molecular weight is 531 g/mol. The number of hydrogen-bond acceptors (Lipinski definition) is 4. The minimum Gasteiger partial charge on any atom is -0.390 e. The van der Waals surface area contributed by atoms with Gasteiger partial charge in [-0.15, -0.1) is 0 Å². The average Bonchev–Trinajstić information content (AvgIpc) is 3.28. The van der Waals surface area contributed by atoms with Gasteiger partial charge in [0.1, 0.15) is 5.82 Å². The van der Waals surface area contributed by atoms with Crippen LogP contribution in [0.1, 0.15) is 52.1 Å². The number of likely N-dealkylation sites (tertiary alicyclic amines) is 1. The van der Waals surface area contributed by atoms with E-state index in [0.717, 1.165) is 37.2 Å². The molecule has 1 aromatic carbocycles. The Morgan fingerprint density at radius 2 is 1.94 bits per heavy atom. The topological polar surface area (TPSA) is 88.7 Å². The second kappa shape index (κ2) is 9.28. The zero-order valence-corrected chi connectivity index (χ0v) is 20.7. The molecule has 180 valence electrons. The van der Waals surface area contributed by atoms with Crippen molar-refractivity contribution < 1.29 is 19.1 Å². The first-order valence-electron chi connectivity index (χ1n) is 11.8. The summed E-state index contributed by atoms with van der Waals surface area (Å²) in [6.45, 7) is 5.27. The van der Waals surface area contributed by atoms with Gasteiger partial charge >= 0.3 is 0 Å². The summed E-state index contributed by atoms with van der Waals surface area (Å²) in [5, 5.41) is 13.4. The van der Waals surface area contributed by atoms with Crippen molar-refractivity contribution in [3.05, 3.63) is 50.5 Å². The molecule has 2 amide bonds. The van der Waals surface area contributed by atoms with E-state index < -0.39 is 11.9 Å². The van der Waals surface area contributed by atoms with Crippen molar-refractivity contribution in [1.29, 1.82) is 0 Å². The molecule has 5 rings (SSSR count). The molecule has 1 saturated heterocycles. The second-order valence-corrected chi connectivity index (χ2v) is 10.2. The van der Waals surface area contributed by atoms with Gasteiger partial charge in [0, 0.05) is 47.5 Å². The lowest BCUT2D eigenvalue weighted by Gasteiger charge is -2.32. The fourth-order valence-electron chi connectivity index (χ4n) is 5.24. The third-order valence-corrected chi connectivity index (χ3v) is 7.59. The number of anilines is 1. The molecular weight excluding hydrogens is 503 g/mol. The van der Waals surface area contributed by atoms with E-state index in [1.807, 2.05) is 6.92 Å². The number of aliphatic hydroxyl groups is 1. The number of amides is 2. The first kappa shape index (κ1) is 23.3. The zero-order valence-electron chi connectivity index (χ0n) is 19.1. The summed E-state index contributed by atoms with van der Waals surface area (Å²) in [6.07, 6.45) is 5.30. The summed E-state index contributed by atoms with van der Waals surface area (Å²) in [5.41, 5.74) is 4.21. The first-order valence-corrected chi connectivity index (χ1v) is 12.5. The number of piperidine rings is 1. The van der Waals surface area contributed by atoms with Gasteiger partial charge in [-0.2, -0.15) is 0 Å². The van der Waals surface area contributed by atoms with Crippen molar-refractivity contribution in [2.45, 2.75) is 38.7 Å². The van der Waals surface area contributed by atoms with Crippen molar-refractivity contribution in [3.8, 4) is 0 Å². The van der Waals surface area contributed by atoms with Gasteiger partial charge in [-0.1, -0.05) is 6.42 Å². The number of benzene rings is 1. The summed E-state index contributed by atoms with van der Waals surface area (Å²) in [4.78, 5) is 33.2. The number of fused-ring (bicyclic) bond motifs is 2. The predicted octanol–water partition coefficient (Wildman–Crippen LogP) is 3.56. The monoisotopic (exact) mass is 530 g/mol. The van der Waals surface area contributed by atoms with Crippen molar-refractivity contribution in [2.24, 2.45) is 0 Å². The SMILES string of the molecule is Cc1c(/C=C2\C(=O)Nc3c(Br)cc(F)cc32)[nH]c2c1C(=O)N(CC(O)CN1CCCCC1)CC2. The van der Waals surface area contributed by atoms with Crippen LogP contribution in [0.2, 0.25) is 0 Å². The Balaban J connectivity index is 1.37. The molecule has 0 radical (unpaired) electrons. The van der Waals surface area contributed by atoms with Crippen molar-refractivity contribution in [1.82, 2.24) is 14.8 Å². The smallest absolute Gasteiger partial charge is 0.256 e. The number of halogens is 2. The minimum atomic E-state index is -0.587. The number of β-amino-alcohol motifs (C(OH)–C–C–N with tert-alkyl or cyclic N) is 1. The molecule has 0 bridgehead atoms. The van der Waals surface area contributed by atoms with Crippen molar-refractivity contribution in [2.75, 3.05) is 38.0 Å². The van der Waals surface area contributed by atoms with Gasteiger partial charge in [-0.3, -0.25) is 9.59 Å². The lowest BCUT2D eigenvalue weighted by Crippen LogP contribution is -2.46. The molecule has 34 heavy (non-hydrogen) atoms. The van der Waals surface area contributed by atoms with Crippen LogP contribution in [0.3, 0.4) is 0 Å². The standard InChI is InChI=1S/C25H28BrFN4O3/c1-14-21(11-18-17-9-15(27)10-19(26)23(17)29-24(18)33)28-20-5-8-31(25(34)22(14)20)13-16(32)12-30-6-3-2-4-7-30/h9-11,16,28,32H,2-8,12-13H2,1H3,(H,29,33)/b18-11-. The number of aromatic nitrogens is 1. The molecule has 1 fully saturated rings. The van der Waals surface area contributed by atoms with E-state index in [-0.39, 0.29) is 11.8 Å². The van der Waals surface area contributed by atoms with Gasteiger partial charge in [0.25, 0.3) is 11.8 Å². The van der Waals surface area contributed by atoms with Crippen LogP contribution in [0.4, 0.5) is 10.1 Å². The Morgan fingerprint density at radius 3 is 2.71 bits per heavy atom. The van der Waals surface area contributed by atoms with E-state index in [0.29, 0.717) is 58.6 Å². The fourth-order valence-corrected chi connectivity index (χ4v) is 5.77. The van der Waals surface area contributed by atoms with Crippen molar-refractivity contribution >= 4 is 45.1 Å². The Hall–Kier alpha value is -2.49. The van der Waals surface area contributed by atoms with E-state index in [2.05, 4.69) is 31.1 Å². The molecule has 0 saturated carbocycles. The molecule has 9 heteroatoms. The molecule has 0 spiro atoms. The number of nitrogens with one attached hydrogen (secondary N) is 2. The van der Waals surface area contributed by atoms with E-state index in [4.69, 9.17) is 0 Å². The molecule has 7 nitrogen and oxygen atoms in total. The highest BCUT2D eigenvalue weighted by atomic mass is 79.9. The van der Waals surface area contributed by atoms with Gasteiger partial charge < -0.3 is 25.2 Å². The lowest BCUT2D eigenvalue weighted by molar-refractivity contribution is -0.110. The van der Waals surface area contributed by atoms with Crippen LogP contribution in [-0.2, 0) is 11.2 Å². The number of carbonyl (C=O) groups is 2. The van der Waals surface area contributed by atoms with Crippen LogP contribution in [0.25, 0.3) is 11.6 Å². The van der Waals surface area contributed by atoms with Gasteiger partial charge in [0.2, 0.25) is 0 Å². The summed E-state index contributed by atoms with van der Waals surface area (Å²) in [6, 6.07) is 2.65.